The summed E-state index contributed by atoms with van der Waals surface area (Å²) in [5.74, 6) is 0.401. The first-order chi connectivity index (χ1) is 10.3. The number of nitrogens with two attached hydrogens (primary N) is 1. The highest BCUT2D eigenvalue weighted by Crippen LogP contribution is 2.14. The molecule has 5 nitrogen and oxygen atoms in total. The van der Waals surface area contributed by atoms with Gasteiger partial charge in [-0.15, -0.1) is 0 Å². The van der Waals surface area contributed by atoms with Crippen molar-refractivity contribution in [2.24, 2.45) is 5.73 Å². The normalized spacial score (nSPS) is 10.2. The Morgan fingerprint density at radius 2 is 2.00 bits per heavy atom. The largest absolute Gasteiger partial charge is 0.481 e. The van der Waals surface area contributed by atoms with Crippen LogP contribution in [0.5, 0.6) is 5.88 Å². The van der Waals surface area contributed by atoms with Gasteiger partial charge >= 0.3 is 0 Å². The molecule has 0 fully saturated rings. The van der Waals surface area contributed by atoms with Gasteiger partial charge in [0.2, 0.25) is 5.88 Å². The van der Waals surface area contributed by atoms with E-state index in [0.717, 1.165) is 11.1 Å². The molecule has 0 unspecified atom stereocenters. The molecular formula is C16H19N3O2. The van der Waals surface area contributed by atoms with Crippen LogP contribution in [-0.4, -0.2) is 24.5 Å². The molecule has 0 saturated heterocycles. The van der Waals surface area contributed by atoms with Gasteiger partial charge in [-0.2, -0.15) is 0 Å². The van der Waals surface area contributed by atoms with Crippen molar-refractivity contribution in [3.05, 3.63) is 59.3 Å². The van der Waals surface area contributed by atoms with Crippen LogP contribution in [0.2, 0.25) is 0 Å². The van der Waals surface area contributed by atoms with Crippen molar-refractivity contribution in [3.8, 4) is 5.88 Å². The lowest BCUT2D eigenvalue weighted by Gasteiger charge is -2.11. The number of amides is 1. The number of carbonyl (C=O) groups is 1. The number of aromatic nitrogens is 1. The first-order valence-electron chi connectivity index (χ1n) is 6.80. The van der Waals surface area contributed by atoms with Crippen molar-refractivity contribution in [1.82, 2.24) is 10.3 Å². The van der Waals surface area contributed by atoms with Crippen molar-refractivity contribution < 1.29 is 9.53 Å². The molecule has 110 valence electrons. The molecule has 0 bridgehead atoms. The second kappa shape index (κ2) is 7.40. The minimum absolute atomic E-state index is 0.120. The van der Waals surface area contributed by atoms with Gasteiger partial charge in [-0.05, 0) is 30.7 Å². The van der Waals surface area contributed by atoms with Crippen LogP contribution in [0, 0.1) is 0 Å². The maximum atomic E-state index is 12.3. The summed E-state index contributed by atoms with van der Waals surface area (Å²) in [4.78, 5) is 16.4. The molecular weight excluding hydrogens is 266 g/mol. The Balaban J connectivity index is 2.08. The van der Waals surface area contributed by atoms with Crippen molar-refractivity contribution in [2.45, 2.75) is 13.0 Å². The highest BCUT2D eigenvalue weighted by molar-refractivity contribution is 5.95. The minimum atomic E-state index is -0.120. The Morgan fingerprint density at radius 1 is 1.24 bits per heavy atom. The molecule has 2 rings (SSSR count). The molecule has 0 aliphatic heterocycles. The van der Waals surface area contributed by atoms with E-state index in [-0.39, 0.29) is 5.91 Å². The lowest BCUT2D eigenvalue weighted by Crippen LogP contribution is -2.24. The quantitative estimate of drug-likeness (QED) is 0.843. The Hall–Kier alpha value is -2.40. The summed E-state index contributed by atoms with van der Waals surface area (Å²) in [6, 6.07) is 11.2. The average Bonchev–Trinajstić information content (AvgIpc) is 2.53. The number of carbonyl (C=O) groups excluding carboxylic acids is 1. The van der Waals surface area contributed by atoms with E-state index in [0.29, 0.717) is 31.0 Å². The number of benzene rings is 1. The fraction of sp³-hybridized carbons (Fsp3) is 0.250. The van der Waals surface area contributed by atoms with Gasteiger partial charge in [0.05, 0.1) is 7.11 Å². The molecule has 1 aromatic carbocycles. The van der Waals surface area contributed by atoms with E-state index in [2.05, 4.69) is 10.3 Å². The zero-order chi connectivity index (χ0) is 15.1. The number of ether oxygens (including phenoxy) is 1. The molecule has 5 heteroatoms. The summed E-state index contributed by atoms with van der Waals surface area (Å²) in [5.41, 5.74) is 8.03. The number of pyridine rings is 1. The van der Waals surface area contributed by atoms with Gasteiger partial charge in [0.15, 0.2) is 0 Å². The van der Waals surface area contributed by atoms with E-state index in [1.807, 2.05) is 30.3 Å². The van der Waals surface area contributed by atoms with Crippen molar-refractivity contribution >= 4 is 5.91 Å². The molecule has 0 spiro atoms. The zero-order valence-electron chi connectivity index (χ0n) is 12.0. The highest BCUT2D eigenvalue weighted by atomic mass is 16.5. The Bertz CT molecular complexity index is 614. The van der Waals surface area contributed by atoms with E-state index < -0.39 is 0 Å². The molecule has 0 aliphatic rings. The fourth-order valence-electron chi connectivity index (χ4n) is 2.13. The van der Waals surface area contributed by atoms with Gasteiger partial charge in [-0.25, -0.2) is 4.98 Å². The second-order valence-electron chi connectivity index (χ2n) is 4.55. The summed E-state index contributed by atoms with van der Waals surface area (Å²) in [5, 5.41) is 2.89. The number of rotatable bonds is 6. The lowest BCUT2D eigenvalue weighted by molar-refractivity contribution is 0.0949. The molecule has 1 aromatic heterocycles. The van der Waals surface area contributed by atoms with E-state index in [4.69, 9.17) is 10.5 Å². The summed E-state index contributed by atoms with van der Waals surface area (Å²) in [6.45, 7) is 0.882. The predicted molar refractivity (Wildman–Crippen MR) is 81.2 cm³/mol. The highest BCUT2D eigenvalue weighted by Gasteiger charge is 2.11. The van der Waals surface area contributed by atoms with E-state index >= 15 is 0 Å². The molecule has 0 atom stereocenters. The second-order valence-corrected chi connectivity index (χ2v) is 4.55. The van der Waals surface area contributed by atoms with Crippen LogP contribution in [0.4, 0.5) is 0 Å². The lowest BCUT2D eigenvalue weighted by atomic mass is 10.0. The van der Waals surface area contributed by atoms with Crippen LogP contribution in [0.25, 0.3) is 0 Å². The predicted octanol–water partition coefficient (Wildman–Crippen LogP) is 1.52. The first kappa shape index (κ1) is 15.0. The Kier molecular flexibility index (Phi) is 5.29. The first-order valence-corrected chi connectivity index (χ1v) is 6.80. The molecule has 1 heterocycles. The third-order valence-corrected chi connectivity index (χ3v) is 3.16. The van der Waals surface area contributed by atoms with E-state index in [9.17, 15) is 4.79 Å². The monoisotopic (exact) mass is 285 g/mol. The van der Waals surface area contributed by atoms with Gasteiger partial charge in [0.1, 0.15) is 0 Å². The van der Waals surface area contributed by atoms with Crippen molar-refractivity contribution in [1.29, 1.82) is 0 Å². The molecule has 0 radical (unpaired) electrons. The third kappa shape index (κ3) is 3.79. The molecule has 0 aliphatic carbocycles. The van der Waals surface area contributed by atoms with Crippen LogP contribution in [0.1, 0.15) is 21.5 Å². The number of nitrogens with one attached hydrogen (secondary N) is 1. The summed E-state index contributed by atoms with van der Waals surface area (Å²) >= 11 is 0. The minimum Gasteiger partial charge on any atom is -0.481 e. The molecule has 0 saturated carbocycles. The van der Waals surface area contributed by atoms with Crippen molar-refractivity contribution in [2.75, 3.05) is 13.7 Å². The maximum absolute atomic E-state index is 12.3. The summed E-state index contributed by atoms with van der Waals surface area (Å²) in [7, 11) is 1.56. The topological polar surface area (TPSA) is 77.2 Å². The Labute approximate surface area is 124 Å². The van der Waals surface area contributed by atoms with Crippen LogP contribution >= 0.6 is 0 Å². The SMILES string of the molecule is COc1ncccc1CNC(=O)c1ccccc1CCN. The van der Waals surface area contributed by atoms with Crippen LogP contribution in [-0.2, 0) is 13.0 Å². The Morgan fingerprint density at radius 3 is 2.76 bits per heavy atom. The number of methoxy groups -OCH3 is 1. The number of nitrogens with zero attached hydrogens (tertiary/aromatic N) is 1. The number of hydrogen-bond acceptors (Lipinski definition) is 4. The van der Waals surface area contributed by atoms with Crippen molar-refractivity contribution in [3.63, 3.8) is 0 Å². The molecule has 1 amide bonds. The van der Waals surface area contributed by atoms with Gasteiger partial charge in [-0.3, -0.25) is 4.79 Å². The number of hydrogen-bond donors (Lipinski definition) is 2. The van der Waals surface area contributed by atoms with E-state index in [1.54, 1.807) is 19.4 Å². The third-order valence-electron chi connectivity index (χ3n) is 3.16. The molecule has 3 N–H and O–H groups in total. The summed E-state index contributed by atoms with van der Waals surface area (Å²) < 4.78 is 5.17. The van der Waals surface area contributed by atoms with Gasteiger partial charge in [0, 0.05) is 23.9 Å². The fourth-order valence-corrected chi connectivity index (χ4v) is 2.13. The zero-order valence-corrected chi connectivity index (χ0v) is 12.0. The maximum Gasteiger partial charge on any atom is 0.251 e. The van der Waals surface area contributed by atoms with Gasteiger partial charge < -0.3 is 15.8 Å². The summed E-state index contributed by atoms with van der Waals surface area (Å²) in [6.07, 6.45) is 2.33. The van der Waals surface area contributed by atoms with Crippen LogP contribution in [0.15, 0.2) is 42.6 Å². The molecule has 2 aromatic rings. The standard InChI is InChI=1S/C16H19N3O2/c1-21-16-13(6-4-10-18-16)11-19-15(20)14-7-3-2-5-12(14)8-9-17/h2-7,10H,8-9,11,17H2,1H3,(H,19,20). The molecule has 21 heavy (non-hydrogen) atoms. The average molecular weight is 285 g/mol. The van der Waals surface area contributed by atoms with Crippen LogP contribution in [0.3, 0.4) is 0 Å². The van der Waals surface area contributed by atoms with Gasteiger partial charge in [0.25, 0.3) is 5.91 Å². The van der Waals surface area contributed by atoms with E-state index in [1.165, 1.54) is 0 Å². The van der Waals surface area contributed by atoms with Gasteiger partial charge in [-0.1, -0.05) is 24.3 Å². The smallest absolute Gasteiger partial charge is 0.251 e. The van der Waals surface area contributed by atoms with Crippen LogP contribution < -0.4 is 15.8 Å².